The molecule has 0 spiro atoms. The molecule has 1 N–H and O–H groups in total. The van der Waals surface area contributed by atoms with Crippen molar-refractivity contribution in [2.45, 2.75) is 0 Å². The molecule has 1 aromatic rings. The van der Waals surface area contributed by atoms with Crippen molar-refractivity contribution in [1.82, 2.24) is 4.98 Å². The zero-order valence-corrected chi connectivity index (χ0v) is 9.51. The molecular weight excluding hydrogens is 268 g/mol. The fourth-order valence-corrected chi connectivity index (χ4v) is 2.11. The number of carboxylic acid groups (broad SMARTS) is 1. The molecule has 6 heteroatoms. The van der Waals surface area contributed by atoms with Crippen molar-refractivity contribution in [3.8, 4) is 12.3 Å². The Balaban J connectivity index is 2.78. The Kier molecular flexibility index (Phi) is 3.92. The van der Waals surface area contributed by atoms with Crippen LogP contribution in [0.3, 0.4) is 0 Å². The highest BCUT2D eigenvalue weighted by molar-refractivity contribution is 9.10. The predicted molar refractivity (Wildman–Crippen MR) is 58.5 cm³/mol. The smallest absolute Gasteiger partial charge is 0.323 e. The first kappa shape index (κ1) is 11.0. The van der Waals surface area contributed by atoms with Gasteiger partial charge in [-0.1, -0.05) is 5.92 Å². The van der Waals surface area contributed by atoms with Crippen LogP contribution in [0.15, 0.2) is 9.98 Å². The van der Waals surface area contributed by atoms with Gasteiger partial charge in [-0.25, -0.2) is 4.98 Å². The Morgan fingerprint density at radius 1 is 1.86 bits per heavy atom. The summed E-state index contributed by atoms with van der Waals surface area (Å²) in [6.07, 6.45) is 5.13. The van der Waals surface area contributed by atoms with Crippen LogP contribution in [-0.2, 0) is 4.79 Å². The number of hydrogen-bond donors (Lipinski definition) is 1. The Hall–Kier alpha value is -1.06. The first-order valence-corrected chi connectivity index (χ1v) is 5.32. The van der Waals surface area contributed by atoms with Crippen LogP contribution >= 0.6 is 27.3 Å². The molecular formula is C8H7BrN2O2S. The van der Waals surface area contributed by atoms with E-state index in [1.165, 1.54) is 16.2 Å². The summed E-state index contributed by atoms with van der Waals surface area (Å²) in [4.78, 5) is 16.1. The molecule has 0 aliphatic heterocycles. The molecule has 0 atom stereocenters. The largest absolute Gasteiger partial charge is 0.480 e. The lowest BCUT2D eigenvalue weighted by atomic mass is 10.5. The minimum absolute atomic E-state index is 0.135. The number of anilines is 1. The molecule has 0 radical (unpaired) electrons. The summed E-state index contributed by atoms with van der Waals surface area (Å²) in [5.41, 5.74) is 0. The first-order valence-electron chi connectivity index (χ1n) is 3.64. The van der Waals surface area contributed by atoms with Crippen LogP contribution in [0.1, 0.15) is 0 Å². The third kappa shape index (κ3) is 3.01. The van der Waals surface area contributed by atoms with Crippen molar-refractivity contribution < 1.29 is 9.90 Å². The zero-order chi connectivity index (χ0) is 10.6. The Bertz CT molecular complexity index is 372. The van der Waals surface area contributed by atoms with Gasteiger partial charge in [0.25, 0.3) is 0 Å². The van der Waals surface area contributed by atoms with E-state index >= 15 is 0 Å². The minimum Gasteiger partial charge on any atom is -0.480 e. The van der Waals surface area contributed by atoms with Gasteiger partial charge in [0.05, 0.1) is 6.54 Å². The summed E-state index contributed by atoms with van der Waals surface area (Å²) in [7, 11) is 0. The van der Waals surface area contributed by atoms with E-state index in [-0.39, 0.29) is 13.1 Å². The number of thiazole rings is 1. The lowest BCUT2D eigenvalue weighted by Gasteiger charge is -2.15. The lowest BCUT2D eigenvalue weighted by molar-refractivity contribution is -0.135. The van der Waals surface area contributed by atoms with Crippen LogP contribution in [0.4, 0.5) is 5.13 Å². The summed E-state index contributed by atoms with van der Waals surface area (Å²) in [5, 5.41) is 11.0. The second-order valence-electron chi connectivity index (χ2n) is 2.41. The molecule has 0 amide bonds. The van der Waals surface area contributed by atoms with E-state index in [9.17, 15) is 4.79 Å². The minimum atomic E-state index is -0.924. The summed E-state index contributed by atoms with van der Waals surface area (Å²) in [6, 6.07) is 0. The van der Waals surface area contributed by atoms with Crippen molar-refractivity contribution >= 4 is 38.4 Å². The van der Waals surface area contributed by atoms with E-state index in [2.05, 4.69) is 26.8 Å². The first-order chi connectivity index (χ1) is 6.63. The monoisotopic (exact) mass is 274 g/mol. The number of carboxylic acids is 1. The Morgan fingerprint density at radius 3 is 3.00 bits per heavy atom. The van der Waals surface area contributed by atoms with E-state index in [0.29, 0.717) is 9.73 Å². The molecule has 0 aliphatic carbocycles. The molecule has 0 fully saturated rings. The van der Waals surface area contributed by atoms with Gasteiger partial charge < -0.3 is 10.0 Å². The van der Waals surface area contributed by atoms with Gasteiger partial charge in [-0.2, -0.15) is 0 Å². The molecule has 1 rings (SSSR count). The Morgan fingerprint density at radius 2 is 2.57 bits per heavy atom. The van der Waals surface area contributed by atoms with Gasteiger partial charge in [-0.05, 0) is 15.9 Å². The fourth-order valence-electron chi connectivity index (χ4n) is 0.855. The third-order valence-corrected chi connectivity index (χ3v) is 2.95. The molecule has 0 saturated carbocycles. The van der Waals surface area contributed by atoms with Crippen LogP contribution in [0, 0.1) is 12.3 Å². The van der Waals surface area contributed by atoms with Gasteiger partial charge in [0, 0.05) is 5.38 Å². The van der Waals surface area contributed by atoms with Crippen molar-refractivity contribution in [3.05, 3.63) is 9.98 Å². The standard InChI is InChI=1S/C8H7BrN2O2S/c1-2-3-11(4-7(12)13)8-10-6(9)5-14-8/h1,5H,3-4H2,(H,12,13). The molecule has 0 unspecified atom stereocenters. The molecule has 74 valence electrons. The molecule has 1 heterocycles. The highest BCUT2D eigenvalue weighted by atomic mass is 79.9. The second kappa shape index (κ2) is 4.98. The van der Waals surface area contributed by atoms with E-state index in [1.807, 2.05) is 0 Å². The normalized spacial score (nSPS) is 9.43. The average molecular weight is 275 g/mol. The van der Waals surface area contributed by atoms with Crippen LogP contribution in [0.2, 0.25) is 0 Å². The number of halogens is 1. The van der Waals surface area contributed by atoms with Gasteiger partial charge in [0.2, 0.25) is 0 Å². The second-order valence-corrected chi connectivity index (χ2v) is 4.06. The van der Waals surface area contributed by atoms with Gasteiger partial charge in [0.1, 0.15) is 11.1 Å². The maximum Gasteiger partial charge on any atom is 0.323 e. The van der Waals surface area contributed by atoms with Crippen LogP contribution in [-0.4, -0.2) is 29.1 Å². The van der Waals surface area contributed by atoms with Crippen molar-refractivity contribution in [1.29, 1.82) is 0 Å². The molecule has 0 aromatic carbocycles. The number of rotatable bonds is 4. The Labute approximate surface area is 93.7 Å². The van der Waals surface area contributed by atoms with E-state index < -0.39 is 5.97 Å². The van der Waals surface area contributed by atoms with E-state index in [1.54, 1.807) is 5.38 Å². The molecule has 14 heavy (non-hydrogen) atoms. The van der Waals surface area contributed by atoms with Crippen molar-refractivity contribution in [2.24, 2.45) is 0 Å². The summed E-state index contributed by atoms with van der Waals surface area (Å²) in [6.45, 7) is 0.108. The number of terminal acetylenes is 1. The summed E-state index contributed by atoms with van der Waals surface area (Å²) in [5.74, 6) is 1.47. The van der Waals surface area contributed by atoms with Crippen LogP contribution in [0.5, 0.6) is 0 Å². The maximum atomic E-state index is 10.5. The average Bonchev–Trinajstić information content (AvgIpc) is 2.50. The van der Waals surface area contributed by atoms with Gasteiger partial charge in [-0.15, -0.1) is 17.8 Å². The molecule has 1 aromatic heterocycles. The number of aromatic nitrogens is 1. The molecule has 0 bridgehead atoms. The number of carbonyl (C=O) groups is 1. The number of aliphatic carboxylic acids is 1. The summed E-state index contributed by atoms with van der Waals surface area (Å²) < 4.78 is 0.685. The van der Waals surface area contributed by atoms with Crippen LogP contribution < -0.4 is 4.90 Å². The van der Waals surface area contributed by atoms with Gasteiger partial charge in [0.15, 0.2) is 5.13 Å². The third-order valence-electron chi connectivity index (χ3n) is 1.34. The van der Waals surface area contributed by atoms with Gasteiger partial charge in [-0.3, -0.25) is 4.79 Å². The summed E-state index contributed by atoms with van der Waals surface area (Å²) >= 11 is 4.54. The van der Waals surface area contributed by atoms with E-state index in [0.717, 1.165) is 0 Å². The van der Waals surface area contributed by atoms with Crippen molar-refractivity contribution in [2.75, 3.05) is 18.0 Å². The van der Waals surface area contributed by atoms with Gasteiger partial charge >= 0.3 is 5.97 Å². The van der Waals surface area contributed by atoms with Crippen molar-refractivity contribution in [3.63, 3.8) is 0 Å². The van der Waals surface area contributed by atoms with Crippen LogP contribution in [0.25, 0.3) is 0 Å². The highest BCUT2D eigenvalue weighted by Crippen LogP contribution is 2.23. The zero-order valence-electron chi connectivity index (χ0n) is 7.11. The maximum absolute atomic E-state index is 10.5. The fraction of sp³-hybridized carbons (Fsp3) is 0.250. The SMILES string of the molecule is C#CCN(CC(=O)O)c1nc(Br)cs1. The lowest BCUT2D eigenvalue weighted by Crippen LogP contribution is -2.29. The molecule has 4 nitrogen and oxygen atoms in total. The molecule has 0 aliphatic rings. The number of hydrogen-bond acceptors (Lipinski definition) is 4. The molecule has 0 saturated heterocycles. The topological polar surface area (TPSA) is 53.4 Å². The quantitative estimate of drug-likeness (QED) is 0.844. The predicted octanol–water partition coefficient (Wildman–Crippen LogP) is 1.43. The highest BCUT2D eigenvalue weighted by Gasteiger charge is 2.12. The van der Waals surface area contributed by atoms with E-state index in [4.69, 9.17) is 11.5 Å². The number of nitrogens with zero attached hydrogens (tertiary/aromatic N) is 2.